The fourth-order valence-electron chi connectivity index (χ4n) is 3.96. The lowest BCUT2D eigenvalue weighted by Gasteiger charge is -2.29. The van der Waals surface area contributed by atoms with Gasteiger partial charge in [-0.05, 0) is 64.4 Å². The van der Waals surface area contributed by atoms with Crippen molar-refractivity contribution < 1.29 is 0 Å². The molecule has 1 aromatic carbocycles. The Balaban J connectivity index is 0.00000320. The van der Waals surface area contributed by atoms with E-state index in [1.165, 1.54) is 24.0 Å². The SMILES string of the molecule is CCNC(=NCc1c(C)nn(C)c1C)NCC(c1cccc(Cl)c1)N1CCCC1.I. The minimum absolute atomic E-state index is 0. The Morgan fingerprint density at radius 3 is 2.57 bits per heavy atom. The van der Waals surface area contributed by atoms with Crippen LogP contribution >= 0.6 is 35.6 Å². The highest BCUT2D eigenvalue weighted by Crippen LogP contribution is 2.26. The van der Waals surface area contributed by atoms with Gasteiger partial charge in [-0.25, -0.2) is 4.99 Å². The minimum atomic E-state index is 0. The number of hydrogen-bond donors (Lipinski definition) is 2. The summed E-state index contributed by atoms with van der Waals surface area (Å²) in [5.41, 5.74) is 4.65. The predicted octanol–water partition coefficient (Wildman–Crippen LogP) is 4.20. The molecular weight excluding hydrogens is 511 g/mol. The first-order valence-corrected chi connectivity index (χ1v) is 10.9. The zero-order valence-corrected chi connectivity index (χ0v) is 21.5. The van der Waals surface area contributed by atoms with Crippen LogP contribution in [0, 0.1) is 13.8 Å². The van der Waals surface area contributed by atoms with Crippen molar-refractivity contribution in [1.29, 1.82) is 0 Å². The molecule has 2 heterocycles. The normalized spacial score (nSPS) is 15.7. The predicted molar refractivity (Wildman–Crippen MR) is 136 cm³/mol. The van der Waals surface area contributed by atoms with Crippen LogP contribution in [-0.4, -0.2) is 46.8 Å². The third kappa shape index (κ3) is 6.34. The quantitative estimate of drug-likeness (QED) is 0.312. The molecule has 30 heavy (non-hydrogen) atoms. The second kappa shape index (κ2) is 11.9. The van der Waals surface area contributed by atoms with Crippen molar-refractivity contribution in [2.45, 2.75) is 46.2 Å². The third-order valence-electron chi connectivity index (χ3n) is 5.68. The van der Waals surface area contributed by atoms with E-state index in [1.54, 1.807) is 0 Å². The van der Waals surface area contributed by atoms with Gasteiger partial charge in [-0.1, -0.05) is 23.7 Å². The molecule has 3 rings (SSSR count). The fourth-order valence-corrected chi connectivity index (χ4v) is 4.16. The molecule has 1 unspecified atom stereocenters. The van der Waals surface area contributed by atoms with Crippen molar-refractivity contribution in [2.75, 3.05) is 26.2 Å². The maximum absolute atomic E-state index is 6.27. The zero-order valence-electron chi connectivity index (χ0n) is 18.4. The standard InChI is InChI=1S/C22H33ClN6.HI/c1-5-24-22(25-14-20-16(2)27-28(4)17(20)3)26-15-21(29-11-6-7-12-29)18-9-8-10-19(23)13-18;/h8-10,13,21H,5-7,11-12,14-15H2,1-4H3,(H2,24,25,26);1H. The molecule has 8 heteroatoms. The summed E-state index contributed by atoms with van der Waals surface area (Å²) in [6.07, 6.45) is 2.51. The Kier molecular flexibility index (Phi) is 9.90. The van der Waals surface area contributed by atoms with Gasteiger partial charge in [-0.2, -0.15) is 5.10 Å². The molecule has 0 radical (unpaired) electrons. The Bertz CT molecular complexity index is 844. The molecule has 1 fully saturated rings. The van der Waals surface area contributed by atoms with Crippen molar-refractivity contribution in [3.8, 4) is 0 Å². The Labute approximate surface area is 202 Å². The molecule has 1 atom stereocenters. The van der Waals surface area contributed by atoms with Crippen LogP contribution in [0.25, 0.3) is 0 Å². The van der Waals surface area contributed by atoms with Gasteiger partial charge in [0.05, 0.1) is 18.3 Å². The molecule has 6 nitrogen and oxygen atoms in total. The molecule has 2 N–H and O–H groups in total. The molecular formula is C22H34ClIN6. The van der Waals surface area contributed by atoms with E-state index in [0.717, 1.165) is 48.5 Å². The zero-order chi connectivity index (χ0) is 20.8. The summed E-state index contributed by atoms with van der Waals surface area (Å²) in [4.78, 5) is 7.36. The van der Waals surface area contributed by atoms with E-state index in [0.29, 0.717) is 6.54 Å². The van der Waals surface area contributed by atoms with E-state index in [1.807, 2.05) is 30.8 Å². The van der Waals surface area contributed by atoms with Crippen LogP contribution < -0.4 is 10.6 Å². The summed E-state index contributed by atoms with van der Waals surface area (Å²) in [7, 11) is 1.98. The van der Waals surface area contributed by atoms with Gasteiger partial charge in [-0.15, -0.1) is 24.0 Å². The van der Waals surface area contributed by atoms with Gasteiger partial charge in [0.15, 0.2) is 5.96 Å². The van der Waals surface area contributed by atoms with Gasteiger partial charge in [-0.3, -0.25) is 9.58 Å². The lowest BCUT2D eigenvalue weighted by Crippen LogP contribution is -2.42. The van der Waals surface area contributed by atoms with Gasteiger partial charge < -0.3 is 10.6 Å². The minimum Gasteiger partial charge on any atom is -0.357 e. The molecule has 0 spiro atoms. The Morgan fingerprint density at radius 1 is 1.23 bits per heavy atom. The summed E-state index contributed by atoms with van der Waals surface area (Å²) in [5, 5.41) is 12.2. The first-order chi connectivity index (χ1) is 14.0. The highest BCUT2D eigenvalue weighted by molar-refractivity contribution is 14.0. The largest absolute Gasteiger partial charge is 0.357 e. The summed E-state index contributed by atoms with van der Waals surface area (Å²) < 4.78 is 1.92. The number of hydrogen-bond acceptors (Lipinski definition) is 3. The topological polar surface area (TPSA) is 57.5 Å². The number of benzene rings is 1. The second-order valence-electron chi connectivity index (χ2n) is 7.66. The van der Waals surface area contributed by atoms with Crippen molar-refractivity contribution in [3.63, 3.8) is 0 Å². The maximum atomic E-state index is 6.27. The monoisotopic (exact) mass is 544 g/mol. The first-order valence-electron chi connectivity index (χ1n) is 10.5. The highest BCUT2D eigenvalue weighted by atomic mass is 127. The van der Waals surface area contributed by atoms with Crippen LogP contribution in [0.2, 0.25) is 5.02 Å². The summed E-state index contributed by atoms with van der Waals surface area (Å²) in [6.45, 7) is 10.7. The molecule has 0 saturated carbocycles. The first kappa shape index (κ1) is 24.9. The van der Waals surface area contributed by atoms with Crippen LogP contribution in [-0.2, 0) is 13.6 Å². The van der Waals surface area contributed by atoms with Crippen LogP contribution in [0.3, 0.4) is 0 Å². The van der Waals surface area contributed by atoms with Crippen molar-refractivity contribution in [1.82, 2.24) is 25.3 Å². The molecule has 1 saturated heterocycles. The summed E-state index contributed by atoms with van der Waals surface area (Å²) in [6, 6.07) is 8.50. The van der Waals surface area contributed by atoms with Crippen molar-refractivity contribution >= 4 is 41.5 Å². The molecule has 1 aliphatic heterocycles. The molecule has 2 aromatic rings. The number of nitrogens with zero attached hydrogens (tertiary/aromatic N) is 4. The van der Waals surface area contributed by atoms with E-state index in [-0.39, 0.29) is 30.0 Å². The van der Waals surface area contributed by atoms with Crippen LogP contribution in [0.15, 0.2) is 29.3 Å². The average Bonchev–Trinajstić information content (AvgIpc) is 3.29. The summed E-state index contributed by atoms with van der Waals surface area (Å²) in [5.74, 6) is 0.835. The molecule has 0 bridgehead atoms. The lowest BCUT2D eigenvalue weighted by molar-refractivity contribution is 0.245. The Hall–Kier alpha value is -1.32. The molecule has 166 valence electrons. The van der Waals surface area contributed by atoms with E-state index in [9.17, 15) is 0 Å². The van der Waals surface area contributed by atoms with Gasteiger partial charge in [0.2, 0.25) is 0 Å². The number of aromatic nitrogens is 2. The van der Waals surface area contributed by atoms with Crippen molar-refractivity contribution in [3.05, 3.63) is 51.8 Å². The molecule has 1 aliphatic rings. The number of likely N-dealkylation sites (tertiary alicyclic amines) is 1. The maximum Gasteiger partial charge on any atom is 0.191 e. The Morgan fingerprint density at radius 2 is 1.97 bits per heavy atom. The molecule has 1 aromatic heterocycles. The van der Waals surface area contributed by atoms with Crippen LogP contribution in [0.1, 0.15) is 48.3 Å². The lowest BCUT2D eigenvalue weighted by atomic mass is 10.1. The number of halogens is 2. The number of guanidine groups is 1. The van der Waals surface area contributed by atoms with Gasteiger partial charge in [0, 0.05) is 36.4 Å². The molecule has 0 amide bonds. The third-order valence-corrected chi connectivity index (χ3v) is 5.91. The smallest absolute Gasteiger partial charge is 0.191 e. The fraction of sp³-hybridized carbons (Fsp3) is 0.545. The summed E-state index contributed by atoms with van der Waals surface area (Å²) >= 11 is 6.27. The van der Waals surface area contributed by atoms with Crippen LogP contribution in [0.5, 0.6) is 0 Å². The van der Waals surface area contributed by atoms with Crippen LogP contribution in [0.4, 0.5) is 0 Å². The number of aliphatic imine (C=N–C) groups is 1. The average molecular weight is 545 g/mol. The van der Waals surface area contributed by atoms with Gasteiger partial charge in [0.25, 0.3) is 0 Å². The number of aryl methyl sites for hydroxylation is 2. The van der Waals surface area contributed by atoms with Gasteiger partial charge in [0.1, 0.15) is 0 Å². The van der Waals surface area contributed by atoms with E-state index < -0.39 is 0 Å². The van der Waals surface area contributed by atoms with E-state index >= 15 is 0 Å². The number of rotatable bonds is 7. The highest BCUT2D eigenvalue weighted by Gasteiger charge is 2.24. The second-order valence-corrected chi connectivity index (χ2v) is 8.10. The van der Waals surface area contributed by atoms with Gasteiger partial charge >= 0.3 is 0 Å². The molecule has 0 aliphatic carbocycles. The van der Waals surface area contributed by atoms with E-state index in [4.69, 9.17) is 16.6 Å². The number of nitrogens with one attached hydrogen (secondary N) is 2. The van der Waals surface area contributed by atoms with Crippen molar-refractivity contribution in [2.24, 2.45) is 12.0 Å². The van der Waals surface area contributed by atoms with E-state index in [2.05, 4.69) is 46.6 Å².